The van der Waals surface area contributed by atoms with Gasteiger partial charge in [0, 0.05) is 68.4 Å². The number of aromatic nitrogens is 4. The summed E-state index contributed by atoms with van der Waals surface area (Å²) in [5, 5.41) is 5.44. The molecule has 0 bridgehead atoms. The highest BCUT2D eigenvalue weighted by atomic mass is 16.7. The molecule has 0 aliphatic carbocycles. The van der Waals surface area contributed by atoms with Gasteiger partial charge in [0.25, 0.3) is 0 Å². The number of methoxy groups -OCH3 is 2. The number of carbonyl (C=O) groups is 1. The van der Waals surface area contributed by atoms with Gasteiger partial charge in [-0.3, -0.25) is 19.3 Å². The highest BCUT2D eigenvalue weighted by Gasteiger charge is 2.17. The van der Waals surface area contributed by atoms with E-state index in [0.29, 0.717) is 18.0 Å². The maximum atomic E-state index is 12.5. The molecule has 182 valence electrons. The van der Waals surface area contributed by atoms with Crippen molar-refractivity contribution in [2.45, 2.75) is 6.42 Å². The molecule has 0 unspecified atom stereocenters. The van der Waals surface area contributed by atoms with E-state index in [-0.39, 0.29) is 12.3 Å². The van der Waals surface area contributed by atoms with E-state index >= 15 is 0 Å². The topological polar surface area (TPSA) is 94.8 Å². The first kappa shape index (κ1) is 24.0. The van der Waals surface area contributed by atoms with E-state index in [4.69, 9.17) is 19.3 Å². The fourth-order valence-electron chi connectivity index (χ4n) is 3.68. The molecule has 2 aromatic carbocycles. The Hall–Kier alpha value is -4.18. The van der Waals surface area contributed by atoms with Crippen molar-refractivity contribution < 1.29 is 19.1 Å². The summed E-state index contributed by atoms with van der Waals surface area (Å²) < 4.78 is 12.7. The van der Waals surface area contributed by atoms with Gasteiger partial charge in [-0.05, 0) is 18.2 Å². The first-order valence-corrected chi connectivity index (χ1v) is 11.0. The Bertz CT molecular complexity index is 1320. The highest BCUT2D eigenvalue weighted by Crippen LogP contribution is 2.34. The zero-order valence-corrected chi connectivity index (χ0v) is 20.4. The van der Waals surface area contributed by atoms with Crippen molar-refractivity contribution >= 4 is 28.3 Å². The van der Waals surface area contributed by atoms with E-state index in [1.54, 1.807) is 44.4 Å². The van der Waals surface area contributed by atoms with Crippen LogP contribution in [-0.4, -0.2) is 65.6 Å². The number of benzene rings is 2. The number of ether oxygens (including phenoxy) is 2. The minimum atomic E-state index is -0.146. The van der Waals surface area contributed by atoms with Crippen LogP contribution in [0.2, 0.25) is 0 Å². The fourth-order valence-corrected chi connectivity index (χ4v) is 3.68. The number of aryl methyl sites for hydroxylation is 1. The zero-order chi connectivity index (χ0) is 24.9. The molecule has 10 nitrogen and oxygen atoms in total. The van der Waals surface area contributed by atoms with Crippen LogP contribution in [0.3, 0.4) is 0 Å². The van der Waals surface area contributed by atoms with Gasteiger partial charge >= 0.3 is 0 Å². The first-order valence-electron chi connectivity index (χ1n) is 11.0. The Morgan fingerprint density at radius 1 is 0.971 bits per heavy atom. The molecule has 0 atom stereocenters. The lowest BCUT2D eigenvalue weighted by molar-refractivity contribution is -0.168. The lowest BCUT2D eigenvalue weighted by atomic mass is 10.1. The fraction of sp³-hybridized carbons (Fsp3) is 0.280. The van der Waals surface area contributed by atoms with Crippen LogP contribution in [0.25, 0.3) is 22.3 Å². The molecule has 0 fully saturated rings. The molecule has 4 rings (SSSR count). The van der Waals surface area contributed by atoms with Crippen molar-refractivity contribution in [2.24, 2.45) is 7.05 Å². The quantitative estimate of drug-likeness (QED) is 0.338. The Kier molecular flexibility index (Phi) is 7.11. The molecule has 10 heteroatoms. The average molecular weight is 477 g/mol. The number of hydroxylamine groups is 2. The number of carbonyl (C=O) groups excluding carboxylic acids is 1. The van der Waals surface area contributed by atoms with Crippen molar-refractivity contribution in [3.63, 3.8) is 0 Å². The van der Waals surface area contributed by atoms with Gasteiger partial charge in [-0.2, -0.15) is 5.10 Å². The molecule has 2 aromatic heterocycles. The van der Waals surface area contributed by atoms with Crippen molar-refractivity contribution in [2.75, 3.05) is 39.8 Å². The summed E-state index contributed by atoms with van der Waals surface area (Å²) in [5.41, 5.74) is 4.76. The Morgan fingerprint density at radius 2 is 1.71 bits per heavy atom. The van der Waals surface area contributed by atoms with E-state index in [2.05, 4.69) is 10.1 Å². The molecule has 0 saturated carbocycles. The summed E-state index contributed by atoms with van der Waals surface area (Å²) >= 11 is 0. The molecule has 4 aromatic rings. The Labute approximate surface area is 203 Å². The third-order valence-corrected chi connectivity index (χ3v) is 5.66. The van der Waals surface area contributed by atoms with Crippen LogP contribution < -0.4 is 14.4 Å². The van der Waals surface area contributed by atoms with Crippen LogP contribution in [0.1, 0.15) is 6.42 Å². The van der Waals surface area contributed by atoms with Gasteiger partial charge < -0.3 is 14.4 Å². The van der Waals surface area contributed by atoms with Gasteiger partial charge in [-0.25, -0.2) is 10.0 Å². The smallest absolute Gasteiger partial charge is 0.247 e. The monoisotopic (exact) mass is 476 g/mol. The standard InChI is InChI=1S/C25H28N6O4/c1-29-16-17(14-27-29)24-15-26-22-7-6-18(12-23(22)28-24)31(9-8-25(32)30(2)35-5)19-10-20(33-3)13-21(11-19)34-4/h6-7,10-16H,8-9H2,1-5H3. The van der Waals surface area contributed by atoms with Crippen LogP contribution in [0, 0.1) is 0 Å². The van der Waals surface area contributed by atoms with Gasteiger partial charge in [0.15, 0.2) is 0 Å². The second-order valence-electron chi connectivity index (χ2n) is 7.88. The summed E-state index contributed by atoms with van der Waals surface area (Å²) in [6.45, 7) is 0.393. The van der Waals surface area contributed by atoms with Gasteiger partial charge in [-0.1, -0.05) is 0 Å². The van der Waals surface area contributed by atoms with Crippen molar-refractivity contribution in [1.82, 2.24) is 24.8 Å². The summed E-state index contributed by atoms with van der Waals surface area (Å²) in [5.74, 6) is 1.14. The molecule has 0 spiro atoms. The molecular weight excluding hydrogens is 448 g/mol. The molecule has 35 heavy (non-hydrogen) atoms. The Balaban J connectivity index is 1.76. The minimum Gasteiger partial charge on any atom is -0.497 e. The van der Waals surface area contributed by atoms with Crippen molar-refractivity contribution in [3.8, 4) is 22.8 Å². The average Bonchev–Trinajstić information content (AvgIpc) is 3.33. The lowest BCUT2D eigenvalue weighted by Crippen LogP contribution is -2.29. The molecule has 2 heterocycles. The minimum absolute atomic E-state index is 0.146. The molecule has 0 aliphatic heterocycles. The molecule has 0 aliphatic rings. The van der Waals surface area contributed by atoms with Gasteiger partial charge in [-0.15, -0.1) is 0 Å². The summed E-state index contributed by atoms with van der Waals surface area (Å²) in [7, 11) is 8.12. The number of anilines is 2. The van der Waals surface area contributed by atoms with Crippen LogP contribution >= 0.6 is 0 Å². The zero-order valence-electron chi connectivity index (χ0n) is 20.4. The summed E-state index contributed by atoms with van der Waals surface area (Å²) in [6.07, 6.45) is 5.62. The SMILES string of the molecule is COc1cc(OC)cc(N(CCC(=O)N(C)OC)c2ccc3ncc(-c4cnn(C)c4)nc3c2)c1. The number of fused-ring (bicyclic) bond motifs is 1. The van der Waals surface area contributed by atoms with Crippen LogP contribution in [-0.2, 0) is 16.7 Å². The maximum absolute atomic E-state index is 12.5. The van der Waals surface area contributed by atoms with Gasteiger partial charge in [0.05, 0.1) is 50.5 Å². The van der Waals surface area contributed by atoms with Crippen LogP contribution in [0.5, 0.6) is 11.5 Å². The second kappa shape index (κ2) is 10.4. The third kappa shape index (κ3) is 5.33. The van der Waals surface area contributed by atoms with E-state index in [1.807, 2.05) is 48.5 Å². The normalized spacial score (nSPS) is 10.9. The second-order valence-corrected chi connectivity index (χ2v) is 7.88. The molecule has 1 amide bonds. The molecular formula is C25H28N6O4. The molecule has 0 N–H and O–H groups in total. The van der Waals surface area contributed by atoms with Crippen LogP contribution in [0.4, 0.5) is 11.4 Å². The molecule has 0 saturated heterocycles. The highest BCUT2D eigenvalue weighted by molar-refractivity contribution is 5.83. The molecule has 0 radical (unpaired) electrons. The largest absolute Gasteiger partial charge is 0.497 e. The maximum Gasteiger partial charge on any atom is 0.247 e. The number of nitrogens with zero attached hydrogens (tertiary/aromatic N) is 6. The van der Waals surface area contributed by atoms with Crippen molar-refractivity contribution in [1.29, 1.82) is 0 Å². The summed E-state index contributed by atoms with van der Waals surface area (Å²) in [4.78, 5) is 28.9. The van der Waals surface area contributed by atoms with E-state index in [9.17, 15) is 4.79 Å². The predicted molar refractivity (Wildman–Crippen MR) is 133 cm³/mol. The number of hydrogen-bond acceptors (Lipinski definition) is 8. The van der Waals surface area contributed by atoms with Gasteiger partial charge in [0.2, 0.25) is 5.91 Å². The lowest BCUT2D eigenvalue weighted by Gasteiger charge is -2.26. The predicted octanol–water partition coefficient (Wildman–Crippen LogP) is 3.60. The first-order chi connectivity index (χ1) is 16.9. The van der Waals surface area contributed by atoms with E-state index in [1.165, 1.54) is 12.2 Å². The number of amides is 1. The Morgan fingerprint density at radius 3 is 2.34 bits per heavy atom. The van der Waals surface area contributed by atoms with Gasteiger partial charge in [0.1, 0.15) is 11.5 Å². The number of hydrogen-bond donors (Lipinski definition) is 0. The van der Waals surface area contributed by atoms with Crippen LogP contribution in [0.15, 0.2) is 55.0 Å². The van der Waals surface area contributed by atoms with Crippen molar-refractivity contribution in [3.05, 3.63) is 55.0 Å². The van der Waals surface area contributed by atoms with E-state index < -0.39 is 0 Å². The van der Waals surface area contributed by atoms with E-state index in [0.717, 1.165) is 33.7 Å². The summed E-state index contributed by atoms with van der Waals surface area (Å²) in [6, 6.07) is 11.4. The number of rotatable bonds is 9. The third-order valence-electron chi connectivity index (χ3n) is 5.66.